The number of rotatable bonds is 2. The molecule has 2 N–H and O–H groups in total. The van der Waals surface area contributed by atoms with E-state index in [0.29, 0.717) is 13.0 Å². The normalized spacial score (nSPS) is 27.2. The third kappa shape index (κ3) is 2.31. The van der Waals surface area contributed by atoms with Gasteiger partial charge >= 0.3 is 0 Å². The third-order valence-electron chi connectivity index (χ3n) is 3.48. The summed E-state index contributed by atoms with van der Waals surface area (Å²) >= 11 is 0. The molecule has 1 heterocycles. The molecule has 0 bridgehead atoms. The zero-order chi connectivity index (χ0) is 13.3. The van der Waals surface area contributed by atoms with Crippen molar-refractivity contribution >= 4 is 5.91 Å². The number of amides is 1. The van der Waals surface area contributed by atoms with E-state index < -0.39 is 17.3 Å². The van der Waals surface area contributed by atoms with E-state index in [1.165, 1.54) is 12.1 Å². The first kappa shape index (κ1) is 12.8. The molecule has 1 aliphatic rings. The van der Waals surface area contributed by atoms with Gasteiger partial charge in [0.2, 0.25) is 0 Å². The molecular formula is C13H16FNO3. The van der Waals surface area contributed by atoms with Crippen LogP contribution in [0.5, 0.6) is 5.75 Å². The van der Waals surface area contributed by atoms with Crippen LogP contribution in [0.15, 0.2) is 18.2 Å². The van der Waals surface area contributed by atoms with Gasteiger partial charge < -0.3 is 15.2 Å². The van der Waals surface area contributed by atoms with Gasteiger partial charge in [-0.2, -0.15) is 0 Å². The van der Waals surface area contributed by atoms with Crippen molar-refractivity contribution in [2.24, 2.45) is 0 Å². The highest BCUT2D eigenvalue weighted by atomic mass is 19.1. The summed E-state index contributed by atoms with van der Waals surface area (Å²) in [6.07, 6.45) is 0.584. The first-order chi connectivity index (χ1) is 8.42. The van der Waals surface area contributed by atoms with Crippen LogP contribution in [-0.2, 0) is 4.74 Å². The van der Waals surface area contributed by atoms with Gasteiger partial charge in [0, 0.05) is 12.7 Å². The lowest BCUT2D eigenvalue weighted by atomic mass is 9.94. The largest absolute Gasteiger partial charge is 0.508 e. The number of carbonyl (C=O) groups excluding carboxylic acids is 1. The summed E-state index contributed by atoms with van der Waals surface area (Å²) in [5.74, 6) is -1.43. The van der Waals surface area contributed by atoms with Crippen molar-refractivity contribution in [3.05, 3.63) is 29.6 Å². The number of aromatic hydroxyl groups is 1. The fourth-order valence-electron chi connectivity index (χ4n) is 2.01. The molecule has 1 fully saturated rings. The molecule has 1 aromatic rings. The number of hydrogen-bond donors (Lipinski definition) is 2. The van der Waals surface area contributed by atoms with Crippen molar-refractivity contribution in [3.8, 4) is 5.75 Å². The molecule has 1 saturated heterocycles. The highest BCUT2D eigenvalue weighted by molar-refractivity contribution is 5.95. The molecule has 4 nitrogen and oxygen atoms in total. The van der Waals surface area contributed by atoms with E-state index in [0.717, 1.165) is 6.07 Å². The van der Waals surface area contributed by atoms with Crippen molar-refractivity contribution in [1.29, 1.82) is 0 Å². The summed E-state index contributed by atoms with van der Waals surface area (Å²) in [6.45, 7) is 4.33. The summed E-state index contributed by atoms with van der Waals surface area (Å²) in [6, 6.07) is 3.48. The molecule has 0 saturated carbocycles. The highest BCUT2D eigenvalue weighted by Gasteiger charge is 2.38. The minimum Gasteiger partial charge on any atom is -0.508 e. The number of halogens is 1. The first-order valence-electron chi connectivity index (χ1n) is 5.85. The van der Waals surface area contributed by atoms with E-state index in [-0.39, 0.29) is 17.4 Å². The maximum atomic E-state index is 13.5. The Morgan fingerprint density at radius 2 is 2.33 bits per heavy atom. The van der Waals surface area contributed by atoms with Crippen LogP contribution >= 0.6 is 0 Å². The zero-order valence-corrected chi connectivity index (χ0v) is 10.4. The summed E-state index contributed by atoms with van der Waals surface area (Å²) in [5, 5.41) is 11.9. The lowest BCUT2D eigenvalue weighted by Gasteiger charge is -2.28. The molecule has 2 atom stereocenters. The van der Waals surface area contributed by atoms with E-state index in [9.17, 15) is 9.18 Å². The lowest BCUT2D eigenvalue weighted by molar-refractivity contribution is 0.0724. The Morgan fingerprint density at radius 1 is 1.61 bits per heavy atom. The molecular weight excluding hydrogens is 237 g/mol. The molecule has 0 spiro atoms. The van der Waals surface area contributed by atoms with Gasteiger partial charge in [-0.05, 0) is 32.4 Å². The standard InChI is InChI=1S/C13H16FNO3/c1-8-13(2,5-6-18-8)15-12(17)10-4-3-9(16)7-11(10)14/h3-4,7-8,16H,5-6H2,1-2H3,(H,15,17). The minimum atomic E-state index is -0.734. The van der Waals surface area contributed by atoms with Crippen LogP contribution in [0.1, 0.15) is 30.6 Å². The number of hydrogen-bond acceptors (Lipinski definition) is 3. The summed E-state index contributed by atoms with van der Waals surface area (Å²) in [5.41, 5.74) is -0.561. The van der Waals surface area contributed by atoms with Crippen molar-refractivity contribution in [2.75, 3.05) is 6.61 Å². The van der Waals surface area contributed by atoms with E-state index in [2.05, 4.69) is 5.32 Å². The van der Waals surface area contributed by atoms with Crippen molar-refractivity contribution in [2.45, 2.75) is 31.9 Å². The molecule has 0 aliphatic carbocycles. The molecule has 2 unspecified atom stereocenters. The Kier molecular flexibility index (Phi) is 3.26. The number of nitrogens with one attached hydrogen (secondary N) is 1. The quantitative estimate of drug-likeness (QED) is 0.845. The number of phenols is 1. The van der Waals surface area contributed by atoms with Gasteiger partial charge in [-0.25, -0.2) is 4.39 Å². The lowest BCUT2D eigenvalue weighted by Crippen LogP contribution is -2.50. The molecule has 5 heteroatoms. The number of phenolic OH excluding ortho intramolecular Hbond substituents is 1. The Morgan fingerprint density at radius 3 is 2.89 bits per heavy atom. The third-order valence-corrected chi connectivity index (χ3v) is 3.48. The van der Waals surface area contributed by atoms with Crippen LogP contribution < -0.4 is 5.32 Å². The number of benzene rings is 1. The fourth-order valence-corrected chi connectivity index (χ4v) is 2.01. The molecule has 1 aliphatic heterocycles. The van der Waals surface area contributed by atoms with Crippen LogP contribution in [0.25, 0.3) is 0 Å². The maximum Gasteiger partial charge on any atom is 0.254 e. The van der Waals surface area contributed by atoms with Gasteiger partial charge in [0.15, 0.2) is 0 Å². The number of ether oxygens (including phenoxy) is 1. The Labute approximate surface area is 105 Å². The van der Waals surface area contributed by atoms with Crippen LogP contribution in [0, 0.1) is 5.82 Å². The van der Waals surface area contributed by atoms with Gasteiger partial charge in [0.05, 0.1) is 17.2 Å². The van der Waals surface area contributed by atoms with E-state index in [1.54, 1.807) is 0 Å². The Balaban J connectivity index is 2.17. The van der Waals surface area contributed by atoms with Crippen molar-refractivity contribution in [1.82, 2.24) is 5.32 Å². The summed E-state index contributed by atoms with van der Waals surface area (Å²) < 4.78 is 19.0. The van der Waals surface area contributed by atoms with Crippen LogP contribution in [0.3, 0.4) is 0 Å². The monoisotopic (exact) mass is 253 g/mol. The van der Waals surface area contributed by atoms with Gasteiger partial charge in [0.1, 0.15) is 11.6 Å². The molecule has 1 amide bonds. The SMILES string of the molecule is CC1OCCC1(C)NC(=O)c1ccc(O)cc1F. The average molecular weight is 253 g/mol. The first-order valence-corrected chi connectivity index (χ1v) is 5.85. The molecule has 0 radical (unpaired) electrons. The Bertz CT molecular complexity index is 477. The summed E-state index contributed by atoms with van der Waals surface area (Å²) in [7, 11) is 0. The second-order valence-corrected chi connectivity index (χ2v) is 4.80. The zero-order valence-electron chi connectivity index (χ0n) is 10.4. The maximum absolute atomic E-state index is 13.5. The average Bonchev–Trinajstić information content (AvgIpc) is 2.58. The van der Waals surface area contributed by atoms with Gasteiger partial charge in [0.25, 0.3) is 5.91 Å². The second-order valence-electron chi connectivity index (χ2n) is 4.80. The van der Waals surface area contributed by atoms with Crippen LogP contribution in [0.4, 0.5) is 4.39 Å². The number of carbonyl (C=O) groups is 1. The minimum absolute atomic E-state index is 0.0758. The summed E-state index contributed by atoms with van der Waals surface area (Å²) in [4.78, 5) is 12.0. The predicted octanol–water partition coefficient (Wildman–Crippen LogP) is 1.83. The highest BCUT2D eigenvalue weighted by Crippen LogP contribution is 2.26. The molecule has 98 valence electrons. The van der Waals surface area contributed by atoms with Crippen LogP contribution in [0.2, 0.25) is 0 Å². The Hall–Kier alpha value is -1.62. The van der Waals surface area contributed by atoms with Gasteiger partial charge in [-0.1, -0.05) is 0 Å². The topological polar surface area (TPSA) is 58.6 Å². The smallest absolute Gasteiger partial charge is 0.254 e. The molecule has 2 rings (SSSR count). The molecule has 0 aromatic heterocycles. The van der Waals surface area contributed by atoms with E-state index >= 15 is 0 Å². The van der Waals surface area contributed by atoms with E-state index in [4.69, 9.17) is 9.84 Å². The van der Waals surface area contributed by atoms with E-state index in [1.807, 2.05) is 13.8 Å². The van der Waals surface area contributed by atoms with Crippen molar-refractivity contribution in [3.63, 3.8) is 0 Å². The fraction of sp³-hybridized carbons (Fsp3) is 0.462. The second kappa shape index (κ2) is 4.57. The van der Waals surface area contributed by atoms with Gasteiger partial charge in [-0.3, -0.25) is 4.79 Å². The van der Waals surface area contributed by atoms with Gasteiger partial charge in [-0.15, -0.1) is 0 Å². The predicted molar refractivity (Wildman–Crippen MR) is 64.0 cm³/mol. The van der Waals surface area contributed by atoms with Crippen LogP contribution in [-0.4, -0.2) is 29.3 Å². The van der Waals surface area contributed by atoms with Crippen molar-refractivity contribution < 1.29 is 19.0 Å². The molecule has 1 aromatic carbocycles. The molecule has 18 heavy (non-hydrogen) atoms.